The van der Waals surface area contributed by atoms with Crippen molar-refractivity contribution in [3.05, 3.63) is 46.9 Å². The number of hydrogen-bond acceptors (Lipinski definition) is 6. The smallest absolute Gasteiger partial charge is 0.292 e. The quantitative estimate of drug-likeness (QED) is 0.387. The largest absolute Gasteiger partial charge is 0.393 e. The highest BCUT2D eigenvalue weighted by atomic mass is 32.2. The van der Waals surface area contributed by atoms with Gasteiger partial charge in [-0.25, -0.2) is 9.97 Å². The van der Waals surface area contributed by atoms with E-state index >= 15 is 0 Å². The summed E-state index contributed by atoms with van der Waals surface area (Å²) in [6.07, 6.45) is 3.07. The number of aromatic nitrogens is 2. The first-order valence-electron chi connectivity index (χ1n) is 4.64. The van der Waals surface area contributed by atoms with Crippen molar-refractivity contribution < 1.29 is 4.92 Å². The Morgan fingerprint density at radius 1 is 1.35 bits per heavy atom. The molecular formula is C10H8N4O2S. The molecule has 0 aliphatic rings. The maximum Gasteiger partial charge on any atom is 0.292 e. The predicted molar refractivity (Wildman–Crippen MR) is 63.7 cm³/mol. The average Bonchev–Trinajstić information content (AvgIpc) is 2.30. The number of anilines is 1. The third-order valence-electron chi connectivity index (χ3n) is 1.97. The van der Waals surface area contributed by atoms with Crippen LogP contribution in [0, 0.1) is 10.1 Å². The first-order chi connectivity index (χ1) is 8.16. The number of hydrogen-bond donors (Lipinski definition) is 1. The summed E-state index contributed by atoms with van der Waals surface area (Å²) >= 11 is 1.37. The van der Waals surface area contributed by atoms with Crippen LogP contribution in [0.2, 0.25) is 0 Å². The molecule has 6 nitrogen and oxygen atoms in total. The van der Waals surface area contributed by atoms with Gasteiger partial charge in [0.1, 0.15) is 17.0 Å². The standard InChI is InChI=1S/C10H8N4O2S/c11-8-5-7(1-2-9(8)14(15)16)17-10-3-4-12-6-13-10/h1-6H,11H2. The fourth-order valence-electron chi connectivity index (χ4n) is 1.22. The van der Waals surface area contributed by atoms with Crippen LogP contribution in [-0.4, -0.2) is 14.9 Å². The van der Waals surface area contributed by atoms with E-state index in [1.165, 1.54) is 24.2 Å². The van der Waals surface area contributed by atoms with Gasteiger partial charge in [-0.15, -0.1) is 0 Å². The lowest BCUT2D eigenvalue weighted by Gasteiger charge is -2.02. The zero-order chi connectivity index (χ0) is 12.3. The molecular weight excluding hydrogens is 240 g/mol. The highest BCUT2D eigenvalue weighted by molar-refractivity contribution is 7.99. The predicted octanol–water partition coefficient (Wildman–Crippen LogP) is 2.12. The van der Waals surface area contributed by atoms with Crippen LogP contribution in [-0.2, 0) is 0 Å². The number of nitrogens with two attached hydrogens (primary N) is 1. The Morgan fingerprint density at radius 2 is 2.18 bits per heavy atom. The zero-order valence-corrected chi connectivity index (χ0v) is 9.42. The van der Waals surface area contributed by atoms with Crippen molar-refractivity contribution in [3.8, 4) is 0 Å². The van der Waals surface area contributed by atoms with Gasteiger partial charge in [-0.3, -0.25) is 10.1 Å². The van der Waals surface area contributed by atoms with Gasteiger partial charge in [-0.1, -0.05) is 11.8 Å². The number of nitro benzene ring substituents is 1. The van der Waals surface area contributed by atoms with Gasteiger partial charge in [-0.2, -0.15) is 0 Å². The second-order valence-corrected chi connectivity index (χ2v) is 4.22. The average molecular weight is 248 g/mol. The SMILES string of the molecule is Nc1cc(Sc2ccncn2)ccc1[N+](=O)[O-]. The molecule has 0 atom stereocenters. The van der Waals surface area contributed by atoms with Gasteiger partial charge in [-0.05, 0) is 18.2 Å². The van der Waals surface area contributed by atoms with Gasteiger partial charge in [0.25, 0.3) is 5.69 Å². The van der Waals surface area contributed by atoms with Crippen LogP contribution >= 0.6 is 11.8 Å². The minimum atomic E-state index is -0.505. The summed E-state index contributed by atoms with van der Waals surface area (Å²) in [4.78, 5) is 18.7. The number of nitrogen functional groups attached to an aromatic ring is 1. The molecule has 0 saturated heterocycles. The Balaban J connectivity index is 2.24. The van der Waals surface area contributed by atoms with Crippen molar-refractivity contribution in [2.24, 2.45) is 0 Å². The number of rotatable bonds is 3. The molecule has 0 aliphatic carbocycles. The molecule has 0 amide bonds. The van der Waals surface area contributed by atoms with Crippen LogP contribution in [0.25, 0.3) is 0 Å². The molecule has 86 valence electrons. The second-order valence-electron chi connectivity index (χ2n) is 3.13. The van der Waals surface area contributed by atoms with Crippen molar-refractivity contribution in [3.63, 3.8) is 0 Å². The Labute approximate surface area is 101 Å². The summed E-state index contributed by atoms with van der Waals surface area (Å²) in [5.41, 5.74) is 5.65. The third kappa shape index (κ3) is 2.70. The van der Waals surface area contributed by atoms with Crippen molar-refractivity contribution in [1.29, 1.82) is 0 Å². The molecule has 0 radical (unpaired) electrons. The summed E-state index contributed by atoms with van der Waals surface area (Å²) in [5.74, 6) is 0. The Kier molecular flexibility index (Phi) is 3.20. The minimum Gasteiger partial charge on any atom is -0.393 e. The molecule has 1 aromatic heterocycles. The van der Waals surface area contributed by atoms with Crippen LogP contribution in [0.5, 0.6) is 0 Å². The molecule has 0 unspecified atom stereocenters. The van der Waals surface area contributed by atoms with Crippen LogP contribution in [0.15, 0.2) is 46.7 Å². The second kappa shape index (κ2) is 4.79. The molecule has 0 fully saturated rings. The zero-order valence-electron chi connectivity index (χ0n) is 8.61. The molecule has 1 heterocycles. The van der Waals surface area contributed by atoms with Crippen molar-refractivity contribution >= 4 is 23.1 Å². The molecule has 2 rings (SSSR count). The van der Waals surface area contributed by atoms with E-state index in [2.05, 4.69) is 9.97 Å². The van der Waals surface area contributed by atoms with Crippen molar-refractivity contribution in [1.82, 2.24) is 9.97 Å². The van der Waals surface area contributed by atoms with Gasteiger partial charge < -0.3 is 5.73 Å². The highest BCUT2D eigenvalue weighted by Gasteiger charge is 2.11. The fraction of sp³-hybridized carbons (Fsp3) is 0. The Hall–Kier alpha value is -2.15. The summed E-state index contributed by atoms with van der Waals surface area (Å²) in [6, 6.07) is 6.34. The molecule has 0 saturated carbocycles. The maximum absolute atomic E-state index is 10.6. The van der Waals surface area contributed by atoms with E-state index in [4.69, 9.17) is 5.73 Å². The van der Waals surface area contributed by atoms with E-state index in [1.54, 1.807) is 24.4 Å². The molecule has 2 N–H and O–H groups in total. The summed E-state index contributed by atoms with van der Waals surface area (Å²) in [7, 11) is 0. The molecule has 0 aliphatic heterocycles. The molecule has 1 aromatic carbocycles. The van der Waals surface area contributed by atoms with Crippen LogP contribution in [0.4, 0.5) is 11.4 Å². The number of nitrogens with zero attached hydrogens (tertiary/aromatic N) is 3. The maximum atomic E-state index is 10.6. The van der Waals surface area contributed by atoms with Gasteiger partial charge in [0.2, 0.25) is 0 Å². The lowest BCUT2D eigenvalue weighted by atomic mass is 10.3. The van der Waals surface area contributed by atoms with E-state index in [0.717, 1.165) is 9.92 Å². The van der Waals surface area contributed by atoms with E-state index in [0.29, 0.717) is 0 Å². The first kappa shape index (κ1) is 11.3. The van der Waals surface area contributed by atoms with E-state index in [9.17, 15) is 10.1 Å². The first-order valence-corrected chi connectivity index (χ1v) is 5.46. The van der Waals surface area contributed by atoms with Crippen LogP contribution < -0.4 is 5.73 Å². The summed E-state index contributed by atoms with van der Waals surface area (Å²) < 4.78 is 0. The van der Waals surface area contributed by atoms with E-state index in [-0.39, 0.29) is 11.4 Å². The number of benzene rings is 1. The highest BCUT2D eigenvalue weighted by Crippen LogP contribution is 2.30. The molecule has 2 aromatic rings. The molecule has 7 heteroatoms. The minimum absolute atomic E-state index is 0.0861. The molecule has 0 spiro atoms. The van der Waals surface area contributed by atoms with Crippen LogP contribution in [0.3, 0.4) is 0 Å². The van der Waals surface area contributed by atoms with Gasteiger partial charge in [0.05, 0.1) is 4.92 Å². The van der Waals surface area contributed by atoms with E-state index in [1.807, 2.05) is 0 Å². The lowest BCUT2D eigenvalue weighted by Crippen LogP contribution is -1.95. The van der Waals surface area contributed by atoms with Gasteiger partial charge in [0.15, 0.2) is 0 Å². The van der Waals surface area contributed by atoms with Gasteiger partial charge >= 0.3 is 0 Å². The van der Waals surface area contributed by atoms with Crippen LogP contribution in [0.1, 0.15) is 0 Å². The lowest BCUT2D eigenvalue weighted by molar-refractivity contribution is -0.383. The summed E-state index contributed by atoms with van der Waals surface area (Å²) in [6.45, 7) is 0. The Morgan fingerprint density at radius 3 is 2.76 bits per heavy atom. The van der Waals surface area contributed by atoms with Crippen molar-refractivity contribution in [2.45, 2.75) is 9.92 Å². The monoisotopic (exact) mass is 248 g/mol. The van der Waals surface area contributed by atoms with E-state index < -0.39 is 4.92 Å². The fourth-order valence-corrected chi connectivity index (χ4v) is 2.01. The van der Waals surface area contributed by atoms with Gasteiger partial charge in [0, 0.05) is 17.2 Å². The number of nitro groups is 1. The topological polar surface area (TPSA) is 94.9 Å². The normalized spacial score (nSPS) is 10.1. The molecule has 17 heavy (non-hydrogen) atoms. The van der Waals surface area contributed by atoms with Crippen molar-refractivity contribution in [2.75, 3.05) is 5.73 Å². The Bertz CT molecular complexity index is 547. The third-order valence-corrected chi connectivity index (χ3v) is 2.91. The molecule has 0 bridgehead atoms. The summed E-state index contributed by atoms with van der Waals surface area (Å²) in [5, 5.41) is 11.3.